The van der Waals surface area contributed by atoms with Gasteiger partial charge in [0.25, 0.3) is 0 Å². The molecule has 3 rings (SSSR count). The van der Waals surface area contributed by atoms with Crippen molar-refractivity contribution >= 4 is 11.9 Å². The van der Waals surface area contributed by atoms with Gasteiger partial charge in [0.05, 0.1) is 5.69 Å². The van der Waals surface area contributed by atoms with E-state index in [-0.39, 0.29) is 28.4 Å². The minimum Gasteiger partial charge on any atom is -0.871 e. The molecule has 1 amide bonds. The normalized spacial score (nSPS) is 14.5. The third-order valence-electron chi connectivity index (χ3n) is 5.59. The first-order valence-electron chi connectivity index (χ1n) is 10.1. The Hall–Kier alpha value is -3.26. The third-order valence-corrected chi connectivity index (χ3v) is 5.59. The lowest BCUT2D eigenvalue weighted by molar-refractivity contribution is -0.267. The van der Waals surface area contributed by atoms with Gasteiger partial charge in [0, 0.05) is 38.3 Å². The second-order valence-corrected chi connectivity index (χ2v) is 7.66. The van der Waals surface area contributed by atoms with Gasteiger partial charge in [0.2, 0.25) is 5.91 Å². The summed E-state index contributed by atoms with van der Waals surface area (Å²) in [6, 6.07) is 4.59. The van der Waals surface area contributed by atoms with E-state index in [9.17, 15) is 19.8 Å². The fraction of sp³-hybridized carbons (Fsp3) is 0.348. The van der Waals surface area contributed by atoms with Gasteiger partial charge in [-0.2, -0.15) is 0 Å². The molecule has 2 heterocycles. The Morgan fingerprint density at radius 3 is 2.52 bits per heavy atom. The highest BCUT2D eigenvalue weighted by Gasteiger charge is 2.22. The van der Waals surface area contributed by atoms with E-state index in [1.54, 1.807) is 24.0 Å². The summed E-state index contributed by atoms with van der Waals surface area (Å²) >= 11 is 0. The van der Waals surface area contributed by atoms with Crippen LogP contribution in [0.4, 0.5) is 4.39 Å². The number of halogens is 1. The molecule has 0 unspecified atom stereocenters. The van der Waals surface area contributed by atoms with Crippen molar-refractivity contribution in [3.05, 3.63) is 59.1 Å². The number of hydrogen-bond acceptors (Lipinski definition) is 5. The number of aromatic carboxylic acids is 1. The number of benzene rings is 1. The maximum Gasteiger partial charge on any atom is 0.354 e. The van der Waals surface area contributed by atoms with Gasteiger partial charge < -0.3 is 15.1 Å². The first-order chi connectivity index (χ1) is 14.7. The summed E-state index contributed by atoms with van der Waals surface area (Å²) in [6.07, 6.45) is 1.76. The fourth-order valence-corrected chi connectivity index (χ4v) is 3.77. The summed E-state index contributed by atoms with van der Waals surface area (Å²) in [5, 5.41) is 22.0. The van der Waals surface area contributed by atoms with Crippen molar-refractivity contribution in [1.82, 2.24) is 14.8 Å². The minimum absolute atomic E-state index is 0.0629. The molecule has 0 saturated carbocycles. The van der Waals surface area contributed by atoms with Crippen LogP contribution in [0.25, 0.3) is 11.3 Å². The van der Waals surface area contributed by atoms with Crippen molar-refractivity contribution in [3.63, 3.8) is 0 Å². The highest BCUT2D eigenvalue weighted by molar-refractivity contribution is 5.89. The molecule has 1 aliphatic heterocycles. The van der Waals surface area contributed by atoms with Crippen LogP contribution in [0.2, 0.25) is 0 Å². The number of piperazine rings is 1. The molecule has 2 aromatic rings. The van der Waals surface area contributed by atoms with E-state index in [4.69, 9.17) is 0 Å². The number of carbonyl (C=O) groups is 2. The van der Waals surface area contributed by atoms with Crippen LogP contribution in [-0.2, 0) is 11.2 Å². The molecule has 1 saturated heterocycles. The van der Waals surface area contributed by atoms with Gasteiger partial charge >= 0.3 is 5.97 Å². The predicted octanol–water partition coefficient (Wildman–Crippen LogP) is 2.15. The summed E-state index contributed by atoms with van der Waals surface area (Å²) in [5.41, 5.74) is 0.812. The molecular formula is C23H25FN3O4-. The molecule has 164 valence electrons. The molecule has 1 aliphatic rings. The maximum atomic E-state index is 15.1. The zero-order chi connectivity index (χ0) is 22.7. The predicted molar refractivity (Wildman–Crippen MR) is 112 cm³/mol. The molecule has 0 radical (unpaired) electrons. The van der Waals surface area contributed by atoms with E-state index in [1.807, 2.05) is 0 Å². The highest BCUT2D eigenvalue weighted by Crippen LogP contribution is 2.34. The van der Waals surface area contributed by atoms with Crippen LogP contribution in [0.3, 0.4) is 0 Å². The van der Waals surface area contributed by atoms with Gasteiger partial charge in [-0.25, -0.2) is 14.2 Å². The number of carboxylic acid groups (broad SMARTS) is 1. The van der Waals surface area contributed by atoms with Gasteiger partial charge in [-0.05, 0) is 43.0 Å². The molecule has 0 atom stereocenters. The van der Waals surface area contributed by atoms with E-state index >= 15 is 4.39 Å². The molecule has 7 nitrogen and oxygen atoms in total. The molecule has 0 spiro atoms. The second kappa shape index (κ2) is 9.26. The van der Waals surface area contributed by atoms with Crippen LogP contribution in [0.1, 0.15) is 27.2 Å². The lowest BCUT2D eigenvalue weighted by Gasteiger charge is -2.34. The standard InChI is InChI=1S/C23H26FN3O4/c1-4-18(29)27-11-9-26(10-12-27)8-7-16-6-5-14(2)20(24)19(16)22-17(28)13-15(3)21(25-22)23(30)31/h4-6,13,28H,1,7-12H2,2-3H3,(H,30,31)/p-1. The number of carboxylic acids is 1. The van der Waals surface area contributed by atoms with E-state index in [0.717, 1.165) is 0 Å². The average Bonchev–Trinajstić information content (AvgIpc) is 2.75. The first-order valence-corrected chi connectivity index (χ1v) is 10.1. The van der Waals surface area contributed by atoms with E-state index < -0.39 is 17.5 Å². The molecule has 1 fully saturated rings. The highest BCUT2D eigenvalue weighted by atomic mass is 19.1. The van der Waals surface area contributed by atoms with Gasteiger partial charge in [0.1, 0.15) is 5.82 Å². The summed E-state index contributed by atoms with van der Waals surface area (Å²) in [6.45, 7) is 9.74. The van der Waals surface area contributed by atoms with Crippen LogP contribution in [0.15, 0.2) is 30.9 Å². The number of amides is 1. The Kier molecular flexibility index (Phi) is 6.70. The van der Waals surface area contributed by atoms with E-state index in [0.29, 0.717) is 50.3 Å². The van der Waals surface area contributed by atoms with Crippen molar-refractivity contribution < 1.29 is 24.2 Å². The lowest BCUT2D eigenvalue weighted by atomic mass is 9.96. The van der Waals surface area contributed by atoms with Crippen molar-refractivity contribution in [1.29, 1.82) is 0 Å². The van der Waals surface area contributed by atoms with Crippen molar-refractivity contribution in [2.75, 3.05) is 32.7 Å². The molecule has 1 aromatic heterocycles. The van der Waals surface area contributed by atoms with Crippen LogP contribution in [-0.4, -0.2) is 64.5 Å². The molecule has 1 aromatic carbocycles. The number of pyridine rings is 1. The van der Waals surface area contributed by atoms with Gasteiger partial charge in [0.15, 0.2) is 5.69 Å². The van der Waals surface area contributed by atoms with Crippen molar-refractivity contribution in [2.24, 2.45) is 0 Å². The Labute approximate surface area is 180 Å². The Bertz CT molecular complexity index is 1030. The fourth-order valence-electron chi connectivity index (χ4n) is 3.77. The molecule has 1 N–H and O–H groups in total. The summed E-state index contributed by atoms with van der Waals surface area (Å²) in [7, 11) is 0. The smallest absolute Gasteiger partial charge is 0.354 e. The number of hydrogen-bond donors (Lipinski definition) is 1. The molecule has 31 heavy (non-hydrogen) atoms. The zero-order valence-electron chi connectivity index (χ0n) is 17.7. The van der Waals surface area contributed by atoms with Crippen molar-refractivity contribution in [3.8, 4) is 17.0 Å². The van der Waals surface area contributed by atoms with Gasteiger partial charge in [-0.15, -0.1) is 0 Å². The van der Waals surface area contributed by atoms with Gasteiger partial charge in [-0.1, -0.05) is 30.5 Å². The number of aryl methyl sites for hydroxylation is 2. The number of rotatable bonds is 6. The molecule has 8 heteroatoms. The topological polar surface area (TPSA) is 96.8 Å². The average molecular weight is 426 g/mol. The summed E-state index contributed by atoms with van der Waals surface area (Å²) in [5.74, 6) is -2.43. The van der Waals surface area contributed by atoms with Crippen LogP contribution < -0.4 is 5.11 Å². The van der Waals surface area contributed by atoms with Crippen LogP contribution >= 0.6 is 0 Å². The van der Waals surface area contributed by atoms with E-state index in [2.05, 4.69) is 16.5 Å². The summed E-state index contributed by atoms with van der Waals surface area (Å²) in [4.78, 5) is 31.1. The van der Waals surface area contributed by atoms with Gasteiger partial charge in [-0.3, -0.25) is 9.69 Å². The summed E-state index contributed by atoms with van der Waals surface area (Å²) < 4.78 is 15.1. The first kappa shape index (κ1) is 22.4. The molecule has 0 bridgehead atoms. The SMILES string of the molecule is C=CC(=O)N1CCN(CCc2ccc(C)c(F)c2-c2nc(C(=O)O)c(C)cc2[O-])CC1. The largest absolute Gasteiger partial charge is 0.871 e. The zero-order valence-corrected chi connectivity index (χ0v) is 17.7. The third kappa shape index (κ3) is 4.74. The Balaban J connectivity index is 1.87. The molecular weight excluding hydrogens is 401 g/mol. The number of nitrogens with zero attached hydrogens (tertiary/aromatic N) is 3. The monoisotopic (exact) mass is 426 g/mol. The Morgan fingerprint density at radius 1 is 1.23 bits per heavy atom. The maximum absolute atomic E-state index is 15.1. The number of carbonyl (C=O) groups excluding carboxylic acids is 1. The lowest BCUT2D eigenvalue weighted by Crippen LogP contribution is -2.48. The Morgan fingerprint density at radius 2 is 1.90 bits per heavy atom. The second-order valence-electron chi connectivity index (χ2n) is 7.66. The van der Waals surface area contributed by atoms with E-state index in [1.165, 1.54) is 19.1 Å². The van der Waals surface area contributed by atoms with Crippen LogP contribution in [0.5, 0.6) is 5.75 Å². The number of aromatic nitrogens is 1. The van der Waals surface area contributed by atoms with Crippen molar-refractivity contribution in [2.45, 2.75) is 20.3 Å². The van der Waals surface area contributed by atoms with Crippen LogP contribution in [0, 0.1) is 19.7 Å². The minimum atomic E-state index is -1.26. The quantitative estimate of drug-likeness (QED) is 0.711. The molecule has 0 aliphatic carbocycles.